The smallest absolute Gasteiger partial charge is 0.368 e. The summed E-state index contributed by atoms with van der Waals surface area (Å²) in [6, 6.07) is 38.4. The Labute approximate surface area is 249 Å². The summed E-state index contributed by atoms with van der Waals surface area (Å²) >= 11 is 0. The van der Waals surface area contributed by atoms with Crippen molar-refractivity contribution in [2.75, 3.05) is 0 Å². The normalized spacial score (nSPS) is 10.5. The molecule has 0 N–H and O–H groups in total. The van der Waals surface area contributed by atoms with Gasteiger partial charge in [-0.1, -0.05) is 65.5 Å². The molecule has 0 amide bonds. The van der Waals surface area contributed by atoms with Crippen molar-refractivity contribution in [1.29, 1.82) is 0 Å². The summed E-state index contributed by atoms with van der Waals surface area (Å²) in [6.07, 6.45) is 7.25. The van der Waals surface area contributed by atoms with Gasteiger partial charge >= 0.3 is 20.1 Å². The molecule has 0 radical (unpaired) electrons. The maximum Gasteiger partial charge on any atom is 3.00 e. The fourth-order valence-corrected chi connectivity index (χ4v) is 4.47. The third-order valence-electron chi connectivity index (χ3n) is 6.38. The predicted octanol–water partition coefficient (Wildman–Crippen LogP) is 8.54. The standard InChI is InChI=1S/C24H15N2.C11H5F2N.Ir/c1-2-6-21-17(5-1)8-9-18-15-19(10-11-22(18)21)24-16-20(12-14-26-24)23-7-3-4-13-25-23;12-10-3-1-2-8(4-10)9-5-11(13)7-14-6-9;/h1-9,11-16H;1,3-5,7H;/q-1;-2;+3. The van der Waals surface area contributed by atoms with Crippen LogP contribution >= 0.6 is 0 Å². The molecule has 7 aromatic rings. The molecule has 4 aromatic carbocycles. The van der Waals surface area contributed by atoms with E-state index < -0.39 is 11.6 Å². The molecule has 0 aliphatic heterocycles. The van der Waals surface area contributed by atoms with Gasteiger partial charge in [0.1, 0.15) is 0 Å². The van der Waals surface area contributed by atoms with Gasteiger partial charge < -0.3 is 9.97 Å². The fourth-order valence-electron chi connectivity index (χ4n) is 4.47. The van der Waals surface area contributed by atoms with E-state index in [1.165, 1.54) is 45.8 Å². The second-order valence-corrected chi connectivity index (χ2v) is 9.01. The van der Waals surface area contributed by atoms with Gasteiger partial charge in [-0.25, -0.2) is 19.9 Å². The molecule has 6 heteroatoms. The van der Waals surface area contributed by atoms with Crippen LogP contribution in [0, 0.1) is 30.0 Å². The third kappa shape index (κ3) is 6.41. The van der Waals surface area contributed by atoms with E-state index in [4.69, 9.17) is 0 Å². The van der Waals surface area contributed by atoms with E-state index in [1.54, 1.807) is 0 Å². The molecule has 0 atom stereocenters. The molecule has 3 nitrogen and oxygen atoms in total. The van der Waals surface area contributed by atoms with Gasteiger partial charge in [0.15, 0.2) is 0 Å². The van der Waals surface area contributed by atoms with Crippen LogP contribution in [0.4, 0.5) is 8.78 Å². The van der Waals surface area contributed by atoms with Crippen LogP contribution in [-0.4, -0.2) is 15.0 Å². The van der Waals surface area contributed by atoms with E-state index in [-0.39, 0.29) is 20.1 Å². The first-order chi connectivity index (χ1) is 19.6. The molecule has 0 saturated carbocycles. The summed E-state index contributed by atoms with van der Waals surface area (Å²) in [5, 5.41) is 4.91. The van der Waals surface area contributed by atoms with Crippen molar-refractivity contribution in [2.24, 2.45) is 0 Å². The zero-order chi connectivity index (χ0) is 27.3. The summed E-state index contributed by atoms with van der Waals surface area (Å²) in [4.78, 5) is 12.5. The number of aromatic nitrogens is 3. The fraction of sp³-hybridized carbons (Fsp3) is 0. The van der Waals surface area contributed by atoms with Crippen LogP contribution in [0.1, 0.15) is 0 Å². The van der Waals surface area contributed by atoms with Gasteiger partial charge in [-0.3, -0.25) is 4.98 Å². The molecule has 0 aliphatic carbocycles. The summed E-state index contributed by atoms with van der Waals surface area (Å²) in [7, 11) is 0. The molecular weight excluding hydrogens is 693 g/mol. The predicted molar refractivity (Wildman–Crippen MR) is 154 cm³/mol. The van der Waals surface area contributed by atoms with Gasteiger partial charge in [0.05, 0.1) is 11.5 Å². The van der Waals surface area contributed by atoms with Crippen LogP contribution in [0.15, 0.2) is 122 Å². The Morgan fingerprint density at radius 2 is 1.39 bits per heavy atom. The van der Waals surface area contributed by atoms with E-state index in [2.05, 4.69) is 87.9 Å². The Morgan fingerprint density at radius 3 is 2.22 bits per heavy atom. The van der Waals surface area contributed by atoms with Crippen LogP contribution in [0.5, 0.6) is 0 Å². The van der Waals surface area contributed by atoms with Gasteiger partial charge in [0.2, 0.25) is 0 Å². The zero-order valence-corrected chi connectivity index (χ0v) is 23.9. The van der Waals surface area contributed by atoms with Crippen molar-refractivity contribution in [3.63, 3.8) is 0 Å². The van der Waals surface area contributed by atoms with Crippen LogP contribution in [0.2, 0.25) is 0 Å². The zero-order valence-electron chi connectivity index (χ0n) is 21.5. The quantitative estimate of drug-likeness (QED) is 0.136. The molecule has 7 rings (SSSR count). The third-order valence-corrected chi connectivity index (χ3v) is 6.38. The first-order valence-corrected chi connectivity index (χ1v) is 12.6. The number of benzene rings is 4. The van der Waals surface area contributed by atoms with Crippen molar-refractivity contribution >= 4 is 21.5 Å². The average Bonchev–Trinajstić information content (AvgIpc) is 3.01. The molecular formula is C35H20F2IrN3. The number of hydrogen-bond acceptors (Lipinski definition) is 3. The molecule has 0 bridgehead atoms. The van der Waals surface area contributed by atoms with Crippen molar-refractivity contribution in [3.8, 4) is 33.6 Å². The number of pyridine rings is 3. The van der Waals surface area contributed by atoms with E-state index in [0.717, 1.165) is 28.7 Å². The Morgan fingerprint density at radius 1 is 0.585 bits per heavy atom. The second-order valence-electron chi connectivity index (χ2n) is 9.01. The monoisotopic (exact) mass is 713 g/mol. The van der Waals surface area contributed by atoms with Gasteiger partial charge in [0.25, 0.3) is 0 Å². The van der Waals surface area contributed by atoms with Gasteiger partial charge in [-0.2, -0.15) is 18.2 Å². The molecule has 0 spiro atoms. The molecule has 0 aliphatic rings. The van der Waals surface area contributed by atoms with Crippen LogP contribution < -0.4 is 0 Å². The van der Waals surface area contributed by atoms with E-state index in [0.29, 0.717) is 11.1 Å². The first kappa shape index (κ1) is 27.9. The largest absolute Gasteiger partial charge is 3.00 e. The Bertz CT molecular complexity index is 1900. The molecule has 0 saturated heterocycles. The minimum absolute atomic E-state index is 0. The van der Waals surface area contributed by atoms with Gasteiger partial charge in [0, 0.05) is 18.2 Å². The van der Waals surface area contributed by atoms with Crippen molar-refractivity contribution < 1.29 is 28.9 Å². The number of hydrogen-bond donors (Lipinski definition) is 0. The topological polar surface area (TPSA) is 38.7 Å². The van der Waals surface area contributed by atoms with E-state index >= 15 is 0 Å². The van der Waals surface area contributed by atoms with Crippen LogP contribution in [0.3, 0.4) is 0 Å². The number of fused-ring (bicyclic) bond motifs is 3. The molecule has 41 heavy (non-hydrogen) atoms. The maximum absolute atomic E-state index is 12.8. The van der Waals surface area contributed by atoms with E-state index in [9.17, 15) is 8.78 Å². The summed E-state index contributed by atoms with van der Waals surface area (Å²) < 4.78 is 25.6. The molecule has 0 fully saturated rings. The van der Waals surface area contributed by atoms with Crippen molar-refractivity contribution in [1.82, 2.24) is 15.0 Å². The van der Waals surface area contributed by atoms with Crippen molar-refractivity contribution in [2.45, 2.75) is 0 Å². The number of halogens is 2. The summed E-state index contributed by atoms with van der Waals surface area (Å²) in [5.41, 5.74) is 4.74. The van der Waals surface area contributed by atoms with Crippen molar-refractivity contribution in [3.05, 3.63) is 152 Å². The maximum atomic E-state index is 12.8. The Hall–Kier alpha value is -4.64. The Kier molecular flexibility index (Phi) is 8.64. The number of rotatable bonds is 3. The van der Waals surface area contributed by atoms with Crippen LogP contribution in [-0.2, 0) is 20.1 Å². The number of nitrogens with zero attached hydrogens (tertiary/aromatic N) is 3. The molecule has 198 valence electrons. The Balaban J connectivity index is 0.000000192. The van der Waals surface area contributed by atoms with E-state index in [1.807, 2.05) is 36.7 Å². The van der Waals surface area contributed by atoms with Gasteiger partial charge in [-0.05, 0) is 41.0 Å². The molecule has 3 heterocycles. The van der Waals surface area contributed by atoms with Crippen LogP contribution in [0.25, 0.3) is 55.2 Å². The second kappa shape index (κ2) is 12.7. The minimum Gasteiger partial charge on any atom is -0.368 e. The minimum atomic E-state index is -0.476. The summed E-state index contributed by atoms with van der Waals surface area (Å²) in [5.74, 6) is -0.868. The first-order valence-electron chi connectivity index (χ1n) is 12.6. The molecule has 3 aromatic heterocycles. The average molecular weight is 713 g/mol. The SMILES string of the molecule is Fc1cc[c-]c(-c2[c-]ncc(F)c2)c1.[Ir+3].[c-]1cc2c(ccc3ccccc32)cc1-c1cc(-c2ccccn2)ccn1. The van der Waals surface area contributed by atoms with Gasteiger partial charge in [-0.15, -0.1) is 41.3 Å². The molecule has 0 unspecified atom stereocenters. The summed E-state index contributed by atoms with van der Waals surface area (Å²) in [6.45, 7) is 0.